The Morgan fingerprint density at radius 1 is 1.39 bits per heavy atom. The lowest BCUT2D eigenvalue weighted by Crippen LogP contribution is -2.38. The monoisotopic (exact) mass is 380 g/mol. The van der Waals surface area contributed by atoms with Crippen LogP contribution in [0.5, 0.6) is 5.75 Å². The second kappa shape index (κ2) is 6.37. The topological polar surface area (TPSA) is 118 Å². The Labute approximate surface area is 141 Å². The first-order chi connectivity index (χ1) is 10.7. The largest absolute Gasteiger partial charge is 0.507 e. The highest BCUT2D eigenvalue weighted by molar-refractivity contribution is 9.10. The average Bonchev–Trinajstić information content (AvgIpc) is 2.46. The van der Waals surface area contributed by atoms with Crippen molar-refractivity contribution in [1.82, 2.24) is 14.9 Å². The molecule has 0 fully saturated rings. The zero-order chi connectivity index (χ0) is 17.2. The Morgan fingerprint density at radius 3 is 2.74 bits per heavy atom. The minimum absolute atomic E-state index is 0.00580. The van der Waals surface area contributed by atoms with E-state index in [9.17, 15) is 9.90 Å². The molecular weight excluding hydrogens is 364 g/mol. The number of nitrogens with two attached hydrogens (primary N) is 1. The zero-order valence-electron chi connectivity index (χ0n) is 12.9. The molecule has 1 aromatic heterocycles. The van der Waals surface area contributed by atoms with Crippen molar-refractivity contribution in [3.63, 3.8) is 0 Å². The van der Waals surface area contributed by atoms with Crippen molar-refractivity contribution < 1.29 is 5.11 Å². The standard InChI is InChI=1S/C14H17BrN6O2/c1-14(2,3)11-12(23)21(16)13(20-18-11)19-17-7-8-6-9(15)4-5-10(8)22/h4-7,22H,16H2,1-3H3,(H,19,20)/b17-7-. The Hall–Kier alpha value is -2.42. The molecule has 23 heavy (non-hydrogen) atoms. The summed E-state index contributed by atoms with van der Waals surface area (Å²) in [5.74, 6) is 5.78. The highest BCUT2D eigenvalue weighted by atomic mass is 79.9. The molecule has 0 aliphatic rings. The van der Waals surface area contributed by atoms with Gasteiger partial charge in [0.25, 0.3) is 11.5 Å². The predicted molar refractivity (Wildman–Crippen MR) is 92.2 cm³/mol. The molecule has 0 atom stereocenters. The van der Waals surface area contributed by atoms with Gasteiger partial charge in [0.2, 0.25) is 0 Å². The van der Waals surface area contributed by atoms with Gasteiger partial charge < -0.3 is 10.9 Å². The minimum Gasteiger partial charge on any atom is -0.507 e. The fourth-order valence-corrected chi connectivity index (χ4v) is 2.11. The van der Waals surface area contributed by atoms with Crippen LogP contribution in [-0.2, 0) is 5.41 Å². The van der Waals surface area contributed by atoms with Crippen LogP contribution in [0.2, 0.25) is 0 Å². The van der Waals surface area contributed by atoms with Crippen molar-refractivity contribution in [2.45, 2.75) is 26.2 Å². The van der Waals surface area contributed by atoms with Crippen LogP contribution in [0.4, 0.5) is 5.95 Å². The van der Waals surface area contributed by atoms with Crippen LogP contribution in [0.3, 0.4) is 0 Å². The molecule has 0 bridgehead atoms. The lowest BCUT2D eigenvalue weighted by Gasteiger charge is -2.16. The third-order valence-corrected chi connectivity index (χ3v) is 3.46. The fraction of sp³-hybridized carbons (Fsp3) is 0.286. The lowest BCUT2D eigenvalue weighted by molar-refractivity contribution is 0.474. The van der Waals surface area contributed by atoms with Crippen LogP contribution in [0.25, 0.3) is 0 Å². The number of phenolic OH excluding ortho intramolecular Hbond substituents is 1. The van der Waals surface area contributed by atoms with E-state index in [-0.39, 0.29) is 17.4 Å². The van der Waals surface area contributed by atoms with Crippen LogP contribution >= 0.6 is 15.9 Å². The van der Waals surface area contributed by atoms with Crippen LogP contribution in [0.1, 0.15) is 32.0 Å². The number of nitrogens with zero attached hydrogens (tertiary/aromatic N) is 4. The van der Waals surface area contributed by atoms with Crippen molar-refractivity contribution in [2.75, 3.05) is 11.3 Å². The van der Waals surface area contributed by atoms with E-state index in [1.54, 1.807) is 12.1 Å². The van der Waals surface area contributed by atoms with Crippen molar-refractivity contribution in [3.05, 3.63) is 44.3 Å². The summed E-state index contributed by atoms with van der Waals surface area (Å²) in [5, 5.41) is 21.4. The Bertz CT molecular complexity index is 810. The maximum Gasteiger partial charge on any atom is 0.295 e. The van der Waals surface area contributed by atoms with Crippen LogP contribution in [0.15, 0.2) is 32.6 Å². The number of rotatable bonds is 3. The van der Waals surface area contributed by atoms with E-state index >= 15 is 0 Å². The number of hydrazone groups is 1. The molecule has 0 aliphatic heterocycles. The summed E-state index contributed by atoms with van der Waals surface area (Å²) in [6, 6.07) is 4.92. The number of halogens is 1. The van der Waals surface area contributed by atoms with E-state index in [0.29, 0.717) is 5.56 Å². The van der Waals surface area contributed by atoms with Crippen molar-refractivity contribution in [2.24, 2.45) is 5.10 Å². The molecule has 9 heteroatoms. The van der Waals surface area contributed by atoms with Gasteiger partial charge in [0, 0.05) is 15.5 Å². The van der Waals surface area contributed by atoms with E-state index in [1.165, 1.54) is 12.3 Å². The quantitative estimate of drug-likeness (QED) is 0.422. The second-order valence-electron chi connectivity index (χ2n) is 5.87. The first-order valence-electron chi connectivity index (χ1n) is 6.73. The number of phenols is 1. The normalized spacial score (nSPS) is 11.8. The van der Waals surface area contributed by atoms with Crippen molar-refractivity contribution in [3.8, 4) is 5.75 Å². The summed E-state index contributed by atoms with van der Waals surface area (Å²) in [6.45, 7) is 5.54. The van der Waals surface area contributed by atoms with Gasteiger partial charge in [-0.25, -0.2) is 5.43 Å². The Kier molecular flexibility index (Phi) is 4.69. The molecule has 2 aromatic rings. The number of hydrogen-bond donors (Lipinski definition) is 3. The summed E-state index contributed by atoms with van der Waals surface area (Å²) in [4.78, 5) is 12.2. The summed E-state index contributed by atoms with van der Waals surface area (Å²) in [6.07, 6.45) is 1.38. The molecule has 4 N–H and O–H groups in total. The molecular formula is C14H17BrN6O2. The lowest BCUT2D eigenvalue weighted by atomic mass is 9.93. The van der Waals surface area contributed by atoms with Gasteiger partial charge in [-0.15, -0.1) is 10.2 Å². The highest BCUT2D eigenvalue weighted by Crippen LogP contribution is 2.20. The Balaban J connectivity index is 2.25. The number of nitrogen functional groups attached to an aromatic ring is 1. The minimum atomic E-state index is -0.463. The first-order valence-corrected chi connectivity index (χ1v) is 7.52. The molecule has 1 aromatic carbocycles. The maximum atomic E-state index is 12.2. The number of aromatic nitrogens is 3. The molecule has 0 saturated heterocycles. The summed E-state index contributed by atoms with van der Waals surface area (Å²) >= 11 is 3.30. The molecule has 2 rings (SSSR count). The maximum absolute atomic E-state index is 12.2. The molecule has 0 aliphatic carbocycles. The van der Waals surface area contributed by atoms with E-state index in [1.807, 2.05) is 20.8 Å². The fourth-order valence-electron chi connectivity index (χ4n) is 1.73. The zero-order valence-corrected chi connectivity index (χ0v) is 14.5. The number of hydrogen-bond acceptors (Lipinski definition) is 7. The molecule has 1 heterocycles. The van der Waals surface area contributed by atoms with Gasteiger partial charge >= 0.3 is 0 Å². The third kappa shape index (κ3) is 3.86. The smallest absolute Gasteiger partial charge is 0.295 e. The number of nitrogens with one attached hydrogen (secondary N) is 1. The second-order valence-corrected chi connectivity index (χ2v) is 6.79. The summed E-state index contributed by atoms with van der Waals surface area (Å²) < 4.78 is 1.65. The SMILES string of the molecule is CC(C)(C)c1nnc(N/N=C\c2cc(Br)ccc2O)n(N)c1=O. The predicted octanol–water partition coefficient (Wildman–Crippen LogP) is 1.56. The van der Waals surface area contributed by atoms with Gasteiger partial charge in [-0.2, -0.15) is 9.78 Å². The van der Waals surface area contributed by atoms with Gasteiger partial charge in [0.1, 0.15) is 11.4 Å². The number of aromatic hydroxyl groups is 1. The van der Waals surface area contributed by atoms with Crippen LogP contribution < -0.4 is 16.8 Å². The van der Waals surface area contributed by atoms with Gasteiger partial charge in [0.05, 0.1) is 6.21 Å². The van der Waals surface area contributed by atoms with Crippen molar-refractivity contribution in [1.29, 1.82) is 0 Å². The molecule has 8 nitrogen and oxygen atoms in total. The average molecular weight is 381 g/mol. The van der Waals surface area contributed by atoms with E-state index < -0.39 is 11.0 Å². The van der Waals surface area contributed by atoms with Gasteiger partial charge in [-0.05, 0) is 18.2 Å². The molecule has 0 unspecified atom stereocenters. The molecule has 0 spiro atoms. The van der Waals surface area contributed by atoms with Crippen LogP contribution in [-0.4, -0.2) is 26.2 Å². The van der Waals surface area contributed by atoms with E-state index in [4.69, 9.17) is 5.84 Å². The number of anilines is 1. The Morgan fingerprint density at radius 2 is 2.09 bits per heavy atom. The summed E-state index contributed by atoms with van der Waals surface area (Å²) in [7, 11) is 0. The van der Waals surface area contributed by atoms with Crippen LogP contribution in [0, 0.1) is 0 Å². The number of benzene rings is 1. The summed E-state index contributed by atoms with van der Waals surface area (Å²) in [5.41, 5.74) is 2.37. The van der Waals surface area contributed by atoms with Gasteiger partial charge in [0.15, 0.2) is 0 Å². The molecule has 0 amide bonds. The van der Waals surface area contributed by atoms with Gasteiger partial charge in [-0.1, -0.05) is 36.7 Å². The van der Waals surface area contributed by atoms with E-state index in [0.717, 1.165) is 9.15 Å². The highest BCUT2D eigenvalue weighted by Gasteiger charge is 2.22. The molecule has 0 saturated carbocycles. The van der Waals surface area contributed by atoms with E-state index in [2.05, 4.69) is 36.7 Å². The van der Waals surface area contributed by atoms with Gasteiger partial charge in [-0.3, -0.25) is 4.79 Å². The first kappa shape index (κ1) is 16.9. The van der Waals surface area contributed by atoms with Crippen molar-refractivity contribution >= 4 is 28.1 Å². The third-order valence-electron chi connectivity index (χ3n) is 2.96. The molecule has 0 radical (unpaired) electrons. The molecule has 122 valence electrons.